The summed E-state index contributed by atoms with van der Waals surface area (Å²) >= 11 is 2.37. The zero-order valence-corrected chi connectivity index (χ0v) is 12.2. The van der Waals surface area contributed by atoms with E-state index in [4.69, 9.17) is 5.73 Å². The fourth-order valence-corrected chi connectivity index (χ4v) is 2.57. The number of anilines is 1. The molecule has 3 nitrogen and oxygen atoms in total. The van der Waals surface area contributed by atoms with Crippen molar-refractivity contribution in [3.8, 4) is 11.3 Å². The van der Waals surface area contributed by atoms with Gasteiger partial charge in [0, 0.05) is 14.7 Å². The summed E-state index contributed by atoms with van der Waals surface area (Å²) in [5, 5.41) is 7.20. The van der Waals surface area contributed by atoms with Crippen LogP contribution in [0.3, 0.4) is 0 Å². The Kier molecular flexibility index (Phi) is 3.71. The van der Waals surface area contributed by atoms with Crippen LogP contribution >= 0.6 is 22.6 Å². The maximum atomic E-state index is 5.91. The lowest BCUT2D eigenvalue weighted by Crippen LogP contribution is -1.94. The van der Waals surface area contributed by atoms with Gasteiger partial charge in [0.1, 0.15) is 5.82 Å². The highest BCUT2D eigenvalue weighted by atomic mass is 127. The second-order valence-electron chi connectivity index (χ2n) is 4.15. The number of nitrogens with two attached hydrogens (primary N) is 1. The van der Waals surface area contributed by atoms with Crippen molar-refractivity contribution in [2.75, 3.05) is 5.73 Å². The molecule has 0 bridgehead atoms. The SMILES string of the molecule is CCCc1c(N)n[nH]c1-c1cccc(C)c1I. The van der Waals surface area contributed by atoms with Crippen LogP contribution in [0.15, 0.2) is 18.2 Å². The van der Waals surface area contributed by atoms with E-state index in [1.54, 1.807) is 0 Å². The fraction of sp³-hybridized carbons (Fsp3) is 0.308. The van der Waals surface area contributed by atoms with E-state index in [0.29, 0.717) is 5.82 Å². The summed E-state index contributed by atoms with van der Waals surface area (Å²) in [4.78, 5) is 0. The molecule has 1 heterocycles. The standard InChI is InChI=1S/C13H16IN3/c1-3-5-10-12(16-17-13(10)15)9-7-4-6-8(2)11(9)14/h4,6-7H,3,5H2,1-2H3,(H3,15,16,17). The predicted molar refractivity (Wildman–Crippen MR) is 79.9 cm³/mol. The number of halogens is 1. The maximum Gasteiger partial charge on any atom is 0.149 e. The van der Waals surface area contributed by atoms with Gasteiger partial charge in [0.2, 0.25) is 0 Å². The molecule has 90 valence electrons. The van der Waals surface area contributed by atoms with E-state index >= 15 is 0 Å². The largest absolute Gasteiger partial charge is 0.382 e. The molecule has 0 saturated carbocycles. The highest BCUT2D eigenvalue weighted by molar-refractivity contribution is 14.1. The van der Waals surface area contributed by atoms with E-state index in [0.717, 1.165) is 24.1 Å². The first-order valence-corrected chi connectivity index (χ1v) is 6.81. The molecule has 2 aromatic rings. The number of nitrogens with zero attached hydrogens (tertiary/aromatic N) is 1. The van der Waals surface area contributed by atoms with Crippen LogP contribution in [0.25, 0.3) is 11.3 Å². The minimum absolute atomic E-state index is 0.624. The van der Waals surface area contributed by atoms with E-state index in [-0.39, 0.29) is 0 Å². The fourth-order valence-electron chi connectivity index (χ4n) is 1.95. The maximum absolute atomic E-state index is 5.91. The van der Waals surface area contributed by atoms with E-state index in [2.05, 4.69) is 64.8 Å². The monoisotopic (exact) mass is 341 g/mol. The van der Waals surface area contributed by atoms with Gasteiger partial charge < -0.3 is 5.73 Å². The molecule has 0 aliphatic rings. The number of hydrogen-bond acceptors (Lipinski definition) is 2. The summed E-state index contributed by atoms with van der Waals surface area (Å²) in [6.45, 7) is 4.27. The number of aromatic nitrogens is 2. The first-order chi connectivity index (χ1) is 8.15. The van der Waals surface area contributed by atoms with Gasteiger partial charge in [-0.05, 0) is 41.5 Å². The molecule has 1 aromatic carbocycles. The summed E-state index contributed by atoms with van der Waals surface area (Å²) in [6.07, 6.45) is 2.03. The Morgan fingerprint density at radius 1 is 1.41 bits per heavy atom. The quantitative estimate of drug-likeness (QED) is 0.840. The third-order valence-corrected chi connectivity index (χ3v) is 4.29. The van der Waals surface area contributed by atoms with Gasteiger partial charge in [-0.2, -0.15) is 5.10 Å². The molecule has 2 rings (SSSR count). The number of aryl methyl sites for hydroxylation is 1. The molecule has 0 fully saturated rings. The van der Waals surface area contributed by atoms with E-state index in [1.165, 1.54) is 14.7 Å². The van der Waals surface area contributed by atoms with Crippen molar-refractivity contribution in [1.82, 2.24) is 10.2 Å². The lowest BCUT2D eigenvalue weighted by atomic mass is 10.0. The van der Waals surface area contributed by atoms with Crippen molar-refractivity contribution in [3.63, 3.8) is 0 Å². The molecule has 1 aromatic heterocycles. The van der Waals surface area contributed by atoms with Crippen LogP contribution in [-0.2, 0) is 6.42 Å². The number of benzene rings is 1. The molecule has 17 heavy (non-hydrogen) atoms. The van der Waals surface area contributed by atoms with Gasteiger partial charge in [0.05, 0.1) is 5.69 Å². The molecule has 0 saturated heterocycles. The van der Waals surface area contributed by atoms with Gasteiger partial charge in [0.25, 0.3) is 0 Å². The van der Waals surface area contributed by atoms with Crippen LogP contribution in [0.2, 0.25) is 0 Å². The molecule has 3 N–H and O–H groups in total. The Labute approximate surface area is 115 Å². The Balaban J connectivity index is 2.56. The van der Waals surface area contributed by atoms with Crippen LogP contribution in [0.4, 0.5) is 5.82 Å². The summed E-state index contributed by atoms with van der Waals surface area (Å²) in [7, 11) is 0. The average molecular weight is 341 g/mol. The van der Waals surface area contributed by atoms with Gasteiger partial charge in [-0.15, -0.1) is 0 Å². The summed E-state index contributed by atoms with van der Waals surface area (Å²) in [5.41, 5.74) is 10.6. The van der Waals surface area contributed by atoms with Crippen molar-refractivity contribution in [2.45, 2.75) is 26.7 Å². The number of rotatable bonds is 3. The molecule has 0 aliphatic carbocycles. The number of H-pyrrole nitrogens is 1. The Bertz CT molecular complexity index is 531. The lowest BCUT2D eigenvalue weighted by molar-refractivity contribution is 0.926. The predicted octanol–water partition coefficient (Wildman–Crippen LogP) is 3.52. The number of nitrogen functional groups attached to an aromatic ring is 1. The minimum Gasteiger partial charge on any atom is -0.382 e. The molecule has 0 amide bonds. The third kappa shape index (κ3) is 2.31. The molecule has 0 unspecified atom stereocenters. The van der Waals surface area contributed by atoms with E-state index in [9.17, 15) is 0 Å². The molecule has 0 aliphatic heterocycles. The normalized spacial score (nSPS) is 10.8. The van der Waals surface area contributed by atoms with Crippen LogP contribution in [0.5, 0.6) is 0 Å². The summed E-state index contributed by atoms with van der Waals surface area (Å²) in [6, 6.07) is 6.30. The second kappa shape index (κ2) is 5.08. The van der Waals surface area contributed by atoms with Crippen molar-refractivity contribution in [3.05, 3.63) is 32.9 Å². The van der Waals surface area contributed by atoms with E-state index < -0.39 is 0 Å². The first kappa shape index (κ1) is 12.4. The average Bonchev–Trinajstić information content (AvgIpc) is 2.66. The van der Waals surface area contributed by atoms with Crippen molar-refractivity contribution in [1.29, 1.82) is 0 Å². The number of nitrogens with one attached hydrogen (secondary N) is 1. The first-order valence-electron chi connectivity index (χ1n) is 5.73. The molecular weight excluding hydrogens is 325 g/mol. The number of aromatic amines is 1. The highest BCUT2D eigenvalue weighted by Crippen LogP contribution is 2.31. The van der Waals surface area contributed by atoms with Gasteiger partial charge >= 0.3 is 0 Å². The zero-order chi connectivity index (χ0) is 12.4. The highest BCUT2D eigenvalue weighted by Gasteiger charge is 2.14. The Hall–Kier alpha value is -1.04. The van der Waals surface area contributed by atoms with Gasteiger partial charge in [0.15, 0.2) is 0 Å². The third-order valence-electron chi connectivity index (χ3n) is 2.86. The molecule has 0 atom stereocenters. The summed E-state index contributed by atoms with van der Waals surface area (Å²) in [5.74, 6) is 0.624. The molecular formula is C13H16IN3. The lowest BCUT2D eigenvalue weighted by Gasteiger charge is -2.07. The van der Waals surface area contributed by atoms with Crippen molar-refractivity contribution < 1.29 is 0 Å². The minimum atomic E-state index is 0.624. The van der Waals surface area contributed by atoms with Crippen molar-refractivity contribution in [2.24, 2.45) is 0 Å². The zero-order valence-electron chi connectivity index (χ0n) is 10.0. The second-order valence-corrected chi connectivity index (χ2v) is 5.23. The van der Waals surface area contributed by atoms with Gasteiger partial charge in [-0.3, -0.25) is 5.10 Å². The van der Waals surface area contributed by atoms with Crippen LogP contribution in [0.1, 0.15) is 24.5 Å². The van der Waals surface area contributed by atoms with Gasteiger partial charge in [-0.1, -0.05) is 31.5 Å². The topological polar surface area (TPSA) is 54.7 Å². The van der Waals surface area contributed by atoms with Crippen LogP contribution in [0, 0.1) is 10.5 Å². The van der Waals surface area contributed by atoms with Crippen LogP contribution < -0.4 is 5.73 Å². The Morgan fingerprint density at radius 2 is 2.18 bits per heavy atom. The Morgan fingerprint density at radius 3 is 2.88 bits per heavy atom. The van der Waals surface area contributed by atoms with E-state index in [1.807, 2.05) is 0 Å². The molecule has 0 radical (unpaired) electrons. The van der Waals surface area contributed by atoms with Crippen LogP contribution in [-0.4, -0.2) is 10.2 Å². The molecule has 0 spiro atoms. The van der Waals surface area contributed by atoms with Crippen molar-refractivity contribution >= 4 is 28.4 Å². The molecule has 4 heteroatoms. The summed E-state index contributed by atoms with van der Waals surface area (Å²) < 4.78 is 1.26. The smallest absolute Gasteiger partial charge is 0.149 e. The van der Waals surface area contributed by atoms with Gasteiger partial charge in [-0.25, -0.2) is 0 Å². The number of hydrogen-bond donors (Lipinski definition) is 2.